The molecule has 0 spiro atoms. The number of hydrogen-bond acceptors (Lipinski definition) is 29. The molecule has 19 N–H and O–H groups in total. The zero-order valence-corrected chi connectivity index (χ0v) is 51.8. The molecule has 5 aliphatic heterocycles. The quantitative estimate of drug-likeness (QED) is 0.0506. The van der Waals surface area contributed by atoms with Crippen molar-refractivity contribution in [2.45, 2.75) is 284 Å². The highest BCUT2D eigenvalue weighted by Gasteiger charge is 2.71. The van der Waals surface area contributed by atoms with Gasteiger partial charge in [0.1, 0.15) is 122 Å². The number of fused-ring (bicyclic) bond motifs is 5. The van der Waals surface area contributed by atoms with Gasteiger partial charge in [0.2, 0.25) is 0 Å². The monoisotopic (exact) mass is 1290 g/mol. The third kappa shape index (κ3) is 13.0. The third-order valence-electron chi connectivity index (χ3n) is 22.9. The molecule has 3 saturated carbocycles. The van der Waals surface area contributed by atoms with Crippen LogP contribution in [0.2, 0.25) is 0 Å². The second-order valence-corrected chi connectivity index (χ2v) is 28.7. The van der Waals surface area contributed by atoms with Gasteiger partial charge in [0.05, 0.1) is 56.9 Å². The first-order valence-electron chi connectivity index (χ1n) is 31.6. The average Bonchev–Trinajstić information content (AvgIpc) is 1.68. The van der Waals surface area contributed by atoms with Crippen LogP contribution in [-0.2, 0) is 47.4 Å². The van der Waals surface area contributed by atoms with Crippen molar-refractivity contribution in [2.24, 2.45) is 45.3 Å². The van der Waals surface area contributed by atoms with Crippen LogP contribution in [0, 0.1) is 45.3 Å². The summed E-state index contributed by atoms with van der Waals surface area (Å²) in [5.41, 5.74) is -2.41. The third-order valence-corrected chi connectivity index (χ3v) is 22.9. The van der Waals surface area contributed by atoms with Gasteiger partial charge in [-0.1, -0.05) is 53.2 Å². The minimum atomic E-state index is -2.04. The molecule has 0 bridgehead atoms. The number of hydrogen-bond donors (Lipinski definition) is 19. The van der Waals surface area contributed by atoms with Gasteiger partial charge in [-0.25, -0.2) is 0 Å². The second-order valence-electron chi connectivity index (χ2n) is 28.7. The van der Waals surface area contributed by atoms with E-state index >= 15 is 0 Å². The Morgan fingerprint density at radius 1 is 0.517 bits per heavy atom. The molecule has 0 radical (unpaired) electrons. The Balaban J connectivity index is 0.867. The van der Waals surface area contributed by atoms with E-state index < -0.39 is 221 Å². The highest BCUT2D eigenvalue weighted by molar-refractivity contribution is 5.32. The summed E-state index contributed by atoms with van der Waals surface area (Å²) in [5, 5.41) is 206. The minimum absolute atomic E-state index is 0.0193. The molecule has 29 nitrogen and oxygen atoms in total. The summed E-state index contributed by atoms with van der Waals surface area (Å²) >= 11 is 0. The predicted molar refractivity (Wildman–Crippen MR) is 300 cm³/mol. The fraction of sp³-hybridized carbons (Fsp3) is 0.967. The highest BCUT2D eigenvalue weighted by atomic mass is 16.8. The van der Waals surface area contributed by atoms with Gasteiger partial charge < -0.3 is 144 Å². The van der Waals surface area contributed by atoms with Crippen molar-refractivity contribution in [3.63, 3.8) is 0 Å². The molecular formula is C60H102O29. The van der Waals surface area contributed by atoms with E-state index in [0.717, 1.165) is 18.4 Å². The average molecular weight is 1290 g/mol. The smallest absolute Gasteiger partial charge is 0.187 e. The van der Waals surface area contributed by atoms with E-state index in [9.17, 15) is 97.0 Å². The normalized spacial score (nSPS) is 51.8. The zero-order valence-electron chi connectivity index (χ0n) is 51.8. The largest absolute Gasteiger partial charge is 0.394 e. The summed E-state index contributed by atoms with van der Waals surface area (Å²) < 4.78 is 59.3. The van der Waals surface area contributed by atoms with Crippen molar-refractivity contribution < 1.29 is 144 Å². The van der Waals surface area contributed by atoms with Crippen LogP contribution in [-0.4, -0.2) is 308 Å². The molecule has 35 atom stereocenters. The molecule has 0 aromatic rings. The Morgan fingerprint density at radius 2 is 0.989 bits per heavy atom. The van der Waals surface area contributed by atoms with Crippen molar-refractivity contribution >= 4 is 0 Å². The summed E-state index contributed by atoms with van der Waals surface area (Å²) in [6.45, 7) is 12.4. The number of aliphatic hydroxyl groups excluding tert-OH is 18. The van der Waals surface area contributed by atoms with Crippen LogP contribution in [0.5, 0.6) is 0 Å². The maximum absolute atomic E-state index is 12.8. The maximum atomic E-state index is 12.8. The molecule has 516 valence electrons. The zero-order chi connectivity index (χ0) is 65.5. The van der Waals surface area contributed by atoms with E-state index in [2.05, 4.69) is 33.8 Å². The van der Waals surface area contributed by atoms with Crippen LogP contribution >= 0.6 is 0 Å². The molecule has 0 aromatic heterocycles. The van der Waals surface area contributed by atoms with Gasteiger partial charge in [-0.05, 0) is 99.7 Å². The van der Waals surface area contributed by atoms with Crippen LogP contribution in [0.1, 0.15) is 107 Å². The second kappa shape index (κ2) is 27.6. The van der Waals surface area contributed by atoms with Crippen LogP contribution in [0.3, 0.4) is 0 Å². The van der Waals surface area contributed by atoms with Gasteiger partial charge in [-0.15, -0.1) is 0 Å². The fourth-order valence-corrected chi connectivity index (χ4v) is 17.1. The summed E-state index contributed by atoms with van der Waals surface area (Å²) in [6.07, 6.45) is -37.9. The van der Waals surface area contributed by atoms with Crippen molar-refractivity contribution in [1.29, 1.82) is 0 Å². The number of aliphatic hydroxyl groups is 19. The summed E-state index contributed by atoms with van der Waals surface area (Å²) in [4.78, 5) is 0. The van der Waals surface area contributed by atoms with Gasteiger partial charge in [-0.2, -0.15) is 0 Å². The van der Waals surface area contributed by atoms with Crippen LogP contribution in [0.25, 0.3) is 0 Å². The fourth-order valence-electron chi connectivity index (χ4n) is 17.1. The van der Waals surface area contributed by atoms with Crippen molar-refractivity contribution in [3.8, 4) is 0 Å². The molecule has 9 rings (SSSR count). The van der Waals surface area contributed by atoms with E-state index in [0.29, 0.717) is 32.1 Å². The van der Waals surface area contributed by atoms with Crippen molar-refractivity contribution in [1.82, 2.24) is 0 Å². The number of allylic oxidation sites excluding steroid dienone is 1. The van der Waals surface area contributed by atoms with Crippen molar-refractivity contribution in [2.75, 3.05) is 33.0 Å². The Morgan fingerprint density at radius 3 is 1.55 bits per heavy atom. The lowest BCUT2D eigenvalue weighted by atomic mass is 9.38. The molecule has 3 unspecified atom stereocenters. The standard InChI is InChI=1S/C60H102O29/c1-23(9-13-35(57(4,5)79)87-55-50(44(74)38(68)29(20-63)84-55)89-54-48(78)49(40(70)30(21-64)83-54)88-53-47(77)42(72)37(67)28(19-62)82-53)24-15-16-58(6)32-12-10-25-26(60(32,8)33(65)17-59(24,58)7)11-14-34(56(25,2)3)86-52-46(76)43(73)39(69)31(85-52)22-80-51-45(75)41(71)36(66)27(18-61)81-51/h10,23-24,26-55,61-79H,9,11-22H2,1-8H3/t23-,24?,26?,27-,28-,29-,30-,31-,32?,33-,34+,35-,36-,37-,38-,39-,40-,41+,42+,43+,44+,45-,46-,47-,48-,49+,50-,51-,52+,53+,54+,55+,58+,59-,60+/m1/s1. The van der Waals surface area contributed by atoms with Gasteiger partial charge in [0.15, 0.2) is 31.5 Å². The van der Waals surface area contributed by atoms with E-state index in [1.54, 1.807) is 0 Å². The highest BCUT2D eigenvalue weighted by Crippen LogP contribution is 2.75. The van der Waals surface area contributed by atoms with E-state index in [1.165, 1.54) is 13.8 Å². The first-order valence-corrected chi connectivity index (χ1v) is 31.6. The first-order chi connectivity index (χ1) is 41.7. The van der Waals surface area contributed by atoms with Crippen LogP contribution < -0.4 is 0 Å². The summed E-state index contributed by atoms with van der Waals surface area (Å²) in [7, 11) is 0. The summed E-state index contributed by atoms with van der Waals surface area (Å²) in [6, 6.07) is 0. The Kier molecular flexibility index (Phi) is 22.3. The molecule has 0 aromatic carbocycles. The molecule has 29 heteroatoms. The molecule has 8 fully saturated rings. The molecule has 0 amide bonds. The molecular weight excluding hydrogens is 1180 g/mol. The Labute approximate surface area is 517 Å². The lowest BCUT2D eigenvalue weighted by molar-refractivity contribution is -0.390. The first kappa shape index (κ1) is 71.9. The Bertz CT molecular complexity index is 2350. The molecule has 5 saturated heterocycles. The Hall–Kier alpha value is -1.42. The van der Waals surface area contributed by atoms with Gasteiger partial charge in [-0.3, -0.25) is 0 Å². The van der Waals surface area contributed by atoms with Gasteiger partial charge in [0.25, 0.3) is 0 Å². The lowest BCUT2D eigenvalue weighted by Crippen LogP contribution is -2.67. The van der Waals surface area contributed by atoms with E-state index in [4.69, 9.17) is 47.4 Å². The van der Waals surface area contributed by atoms with Crippen LogP contribution in [0.4, 0.5) is 0 Å². The van der Waals surface area contributed by atoms with E-state index in [-0.39, 0.29) is 40.9 Å². The topological polar surface area (TPSA) is 477 Å². The maximum Gasteiger partial charge on any atom is 0.187 e. The van der Waals surface area contributed by atoms with Crippen LogP contribution in [0.15, 0.2) is 11.6 Å². The van der Waals surface area contributed by atoms with Gasteiger partial charge >= 0.3 is 0 Å². The predicted octanol–water partition coefficient (Wildman–Crippen LogP) is -5.41. The summed E-state index contributed by atoms with van der Waals surface area (Å²) in [5.74, 6) is 0.0330. The SMILES string of the molecule is C[C@H](CC[C@@H](O[C@@H]1O[C@H](CO)[C@@H](O)[C@H](O)[C@H]1O[C@@H]1O[C@H](CO)[C@@H](O)[C@H](O[C@@H]2O[C@H](CO)[C@@H](O)[C@H](O)[C@H]2O)[C@H]1O)C(C)(C)O)C1CC[C@@]2(C)C3CC=C4C(CC[C@H](O[C@@H]5O[C@H](CO[C@@H]6O[C@H](CO)[C@@H](O)[C@H](O)[C@H]6O)[C@@H](O)[C@H](O)[C@H]5O)C4(C)C)[C@]3(C)[C@H](O)C[C@]12C. The number of rotatable bonds is 20. The minimum Gasteiger partial charge on any atom is -0.394 e. The number of ether oxygens (including phenoxy) is 10. The molecule has 4 aliphatic carbocycles. The van der Waals surface area contributed by atoms with Crippen molar-refractivity contribution in [3.05, 3.63) is 11.6 Å². The van der Waals surface area contributed by atoms with Gasteiger partial charge in [0, 0.05) is 10.8 Å². The lowest BCUT2D eigenvalue weighted by Gasteiger charge is -2.67. The molecule has 9 aliphatic rings. The van der Waals surface area contributed by atoms with E-state index in [1.807, 2.05) is 13.8 Å². The molecule has 89 heavy (non-hydrogen) atoms. The molecule has 5 heterocycles.